The lowest BCUT2D eigenvalue weighted by Gasteiger charge is -2.26. The van der Waals surface area contributed by atoms with Crippen molar-refractivity contribution in [3.8, 4) is 5.88 Å². The molecule has 2 heterocycles. The molecule has 2 rings (SSSR count). The third kappa shape index (κ3) is 3.63. The zero-order chi connectivity index (χ0) is 13.0. The number of nitrogens with zero attached hydrogens (tertiary/aromatic N) is 2. The number of thioether (sulfide) groups is 1. The first-order chi connectivity index (χ1) is 8.67. The van der Waals surface area contributed by atoms with E-state index in [-0.39, 0.29) is 0 Å². The smallest absolute Gasteiger partial charge is 0.212 e. The van der Waals surface area contributed by atoms with Crippen molar-refractivity contribution in [1.82, 2.24) is 10.3 Å². The van der Waals surface area contributed by atoms with Crippen molar-refractivity contribution in [2.75, 3.05) is 7.11 Å². The molecule has 1 N–H and O–H groups in total. The number of methoxy groups -OCH3 is 1. The van der Waals surface area contributed by atoms with Gasteiger partial charge in [-0.25, -0.2) is 4.98 Å². The van der Waals surface area contributed by atoms with E-state index >= 15 is 0 Å². The van der Waals surface area contributed by atoms with E-state index in [1.807, 2.05) is 30.1 Å². The molecule has 98 valence electrons. The van der Waals surface area contributed by atoms with Crippen LogP contribution in [0.5, 0.6) is 5.88 Å². The Hall–Kier alpha value is -1.23. The fourth-order valence-electron chi connectivity index (χ4n) is 1.91. The van der Waals surface area contributed by atoms with Gasteiger partial charge in [0.05, 0.1) is 13.7 Å². The van der Waals surface area contributed by atoms with Gasteiger partial charge in [0.15, 0.2) is 5.17 Å². The number of pyridine rings is 1. The summed E-state index contributed by atoms with van der Waals surface area (Å²) in [6.45, 7) is 5.10. The number of rotatable bonds is 3. The Kier molecular flexibility index (Phi) is 4.47. The molecular formula is C13H19N3OS. The summed E-state index contributed by atoms with van der Waals surface area (Å²) >= 11 is 1.81. The van der Waals surface area contributed by atoms with Gasteiger partial charge in [-0.2, -0.15) is 0 Å². The van der Waals surface area contributed by atoms with E-state index in [0.29, 0.717) is 23.7 Å². The summed E-state index contributed by atoms with van der Waals surface area (Å²) < 4.78 is 5.03. The van der Waals surface area contributed by atoms with Gasteiger partial charge in [0, 0.05) is 23.6 Å². The molecule has 1 saturated heterocycles. The molecule has 4 nitrogen and oxygen atoms in total. The lowest BCUT2D eigenvalue weighted by atomic mass is 10.2. The van der Waals surface area contributed by atoms with Crippen molar-refractivity contribution in [1.29, 1.82) is 0 Å². The number of hydrogen-bond donors (Lipinski definition) is 1. The van der Waals surface area contributed by atoms with Gasteiger partial charge in [-0.05, 0) is 18.9 Å². The Morgan fingerprint density at radius 3 is 2.94 bits per heavy atom. The van der Waals surface area contributed by atoms with Gasteiger partial charge in [-0.1, -0.05) is 24.8 Å². The largest absolute Gasteiger partial charge is 0.481 e. The van der Waals surface area contributed by atoms with Crippen LogP contribution in [0.2, 0.25) is 0 Å². The minimum atomic E-state index is 0.508. The van der Waals surface area contributed by atoms with Crippen LogP contribution in [0.15, 0.2) is 23.3 Å². The molecule has 1 aromatic heterocycles. The van der Waals surface area contributed by atoms with E-state index in [1.165, 1.54) is 6.42 Å². The average Bonchev–Trinajstić information content (AvgIpc) is 2.36. The normalized spacial score (nSPS) is 25.8. The van der Waals surface area contributed by atoms with Crippen LogP contribution in [0.4, 0.5) is 0 Å². The van der Waals surface area contributed by atoms with Gasteiger partial charge in [0.1, 0.15) is 0 Å². The summed E-state index contributed by atoms with van der Waals surface area (Å²) in [5, 5.41) is 5.08. The Morgan fingerprint density at radius 1 is 1.50 bits per heavy atom. The standard InChI is InChI=1S/C13H19N3OS/c1-9-6-10(2)18-13(16-9)15-8-11-4-5-12(17-3)14-7-11/h4-5,7,9-10H,6,8H2,1-3H3,(H,15,16). The number of hydrogen-bond acceptors (Lipinski definition) is 4. The van der Waals surface area contributed by atoms with Crippen LogP contribution in [-0.4, -0.2) is 28.6 Å². The fourth-order valence-corrected chi connectivity index (χ4v) is 3.09. The minimum absolute atomic E-state index is 0.508. The zero-order valence-electron chi connectivity index (χ0n) is 11.0. The molecule has 5 heteroatoms. The lowest BCUT2D eigenvalue weighted by Crippen LogP contribution is -2.38. The van der Waals surface area contributed by atoms with Crippen LogP contribution in [0.25, 0.3) is 0 Å². The molecule has 0 radical (unpaired) electrons. The lowest BCUT2D eigenvalue weighted by molar-refractivity contribution is 0.397. The Labute approximate surface area is 112 Å². The van der Waals surface area contributed by atoms with E-state index in [4.69, 9.17) is 4.74 Å². The summed E-state index contributed by atoms with van der Waals surface area (Å²) in [6, 6.07) is 4.37. The maximum atomic E-state index is 5.03. The minimum Gasteiger partial charge on any atom is -0.481 e. The Bertz CT molecular complexity index is 407. The second-order valence-electron chi connectivity index (χ2n) is 4.54. The van der Waals surface area contributed by atoms with Gasteiger partial charge in [-0.3, -0.25) is 4.99 Å². The van der Waals surface area contributed by atoms with Gasteiger partial charge in [0.2, 0.25) is 5.88 Å². The molecular weight excluding hydrogens is 246 g/mol. The Balaban J connectivity index is 1.96. The van der Waals surface area contributed by atoms with Gasteiger partial charge in [-0.15, -0.1) is 0 Å². The average molecular weight is 265 g/mol. The van der Waals surface area contributed by atoms with Gasteiger partial charge < -0.3 is 10.1 Å². The third-order valence-electron chi connectivity index (χ3n) is 2.78. The number of ether oxygens (including phenoxy) is 1. The second-order valence-corrected chi connectivity index (χ2v) is 5.97. The topological polar surface area (TPSA) is 46.5 Å². The summed E-state index contributed by atoms with van der Waals surface area (Å²) in [5.41, 5.74) is 1.09. The first-order valence-corrected chi connectivity index (χ1v) is 7.02. The van der Waals surface area contributed by atoms with Crippen molar-refractivity contribution in [2.24, 2.45) is 4.99 Å². The molecule has 1 aromatic rings. The maximum absolute atomic E-state index is 5.03. The third-order valence-corrected chi connectivity index (χ3v) is 3.85. The van der Waals surface area contributed by atoms with Crippen molar-refractivity contribution in [3.63, 3.8) is 0 Å². The zero-order valence-corrected chi connectivity index (χ0v) is 11.8. The van der Waals surface area contributed by atoms with Crippen LogP contribution < -0.4 is 10.1 Å². The van der Waals surface area contributed by atoms with Crippen LogP contribution in [-0.2, 0) is 6.54 Å². The van der Waals surface area contributed by atoms with Crippen molar-refractivity contribution >= 4 is 16.9 Å². The summed E-state index contributed by atoms with van der Waals surface area (Å²) in [4.78, 5) is 8.77. The first-order valence-electron chi connectivity index (χ1n) is 6.14. The van der Waals surface area contributed by atoms with Crippen molar-refractivity contribution in [3.05, 3.63) is 23.9 Å². The maximum Gasteiger partial charge on any atom is 0.212 e. The number of aromatic nitrogens is 1. The molecule has 1 aliphatic heterocycles. The summed E-state index contributed by atoms with van der Waals surface area (Å²) in [7, 11) is 1.62. The molecule has 0 spiro atoms. The predicted molar refractivity (Wildman–Crippen MR) is 76.2 cm³/mol. The monoisotopic (exact) mass is 265 g/mol. The van der Waals surface area contributed by atoms with Gasteiger partial charge >= 0.3 is 0 Å². The van der Waals surface area contributed by atoms with Crippen molar-refractivity contribution < 1.29 is 4.74 Å². The van der Waals surface area contributed by atoms with Crippen molar-refractivity contribution in [2.45, 2.75) is 38.1 Å². The molecule has 0 saturated carbocycles. The van der Waals surface area contributed by atoms with Crippen LogP contribution in [0, 0.1) is 0 Å². The predicted octanol–water partition coefficient (Wildman–Crippen LogP) is 2.45. The SMILES string of the molecule is COc1ccc(CN=C2NC(C)CC(C)S2)cn1. The molecule has 0 aliphatic carbocycles. The van der Waals surface area contributed by atoms with E-state index in [1.54, 1.807) is 7.11 Å². The quantitative estimate of drug-likeness (QED) is 0.912. The molecule has 0 amide bonds. The molecule has 1 aliphatic rings. The van der Waals surface area contributed by atoms with E-state index < -0.39 is 0 Å². The Morgan fingerprint density at radius 2 is 2.33 bits per heavy atom. The summed E-state index contributed by atoms with van der Waals surface area (Å²) in [6.07, 6.45) is 3.00. The molecule has 1 fully saturated rings. The first kappa shape index (κ1) is 13.2. The number of amidine groups is 1. The summed E-state index contributed by atoms with van der Waals surface area (Å²) in [5.74, 6) is 0.638. The highest BCUT2D eigenvalue weighted by molar-refractivity contribution is 8.14. The molecule has 18 heavy (non-hydrogen) atoms. The molecule has 0 aromatic carbocycles. The van der Waals surface area contributed by atoms with E-state index in [2.05, 4.69) is 29.1 Å². The molecule has 2 unspecified atom stereocenters. The van der Waals surface area contributed by atoms with Crippen LogP contribution in [0.1, 0.15) is 25.8 Å². The van der Waals surface area contributed by atoms with Crippen LogP contribution in [0.3, 0.4) is 0 Å². The fraction of sp³-hybridized carbons (Fsp3) is 0.538. The highest BCUT2D eigenvalue weighted by Crippen LogP contribution is 2.22. The second kappa shape index (κ2) is 6.09. The number of aliphatic imine (C=N–C) groups is 1. The van der Waals surface area contributed by atoms with Gasteiger partial charge in [0.25, 0.3) is 0 Å². The highest BCUT2D eigenvalue weighted by atomic mass is 32.2. The molecule has 0 bridgehead atoms. The highest BCUT2D eigenvalue weighted by Gasteiger charge is 2.19. The molecule has 2 atom stereocenters. The van der Waals surface area contributed by atoms with E-state index in [9.17, 15) is 0 Å². The number of nitrogens with one attached hydrogen (secondary N) is 1. The van der Waals surface area contributed by atoms with Crippen LogP contribution >= 0.6 is 11.8 Å². The van der Waals surface area contributed by atoms with E-state index in [0.717, 1.165) is 10.7 Å².